The standard InChI is InChI=1S/C33H36ClFN6O4/c1-20(35)32(42)41-13-12-40(16-22(41)10-11-36)31-26-19-44-29(25-8-4-6-21-7-5-9-27(34)30(21)25)15-28(26)37-33(38-31)45-18-23-14-24(43-3)17-39(23)2/h4-9,22-24,29H,1,10,12-19H2,2-3H3/t22-,23+,24-,29?/m0/s1. The van der Waals surface area contributed by atoms with Crippen LogP contribution in [0.4, 0.5) is 10.2 Å². The zero-order valence-electron chi connectivity index (χ0n) is 25.4. The lowest BCUT2D eigenvalue weighted by molar-refractivity contribution is -0.131. The van der Waals surface area contributed by atoms with Gasteiger partial charge in [-0.3, -0.25) is 9.69 Å². The summed E-state index contributed by atoms with van der Waals surface area (Å²) >= 11 is 6.66. The van der Waals surface area contributed by atoms with Gasteiger partial charge in [-0.25, -0.2) is 4.39 Å². The lowest BCUT2D eigenvalue weighted by Crippen LogP contribution is -2.55. The van der Waals surface area contributed by atoms with Gasteiger partial charge in [0.15, 0.2) is 5.83 Å². The maximum Gasteiger partial charge on any atom is 0.318 e. The van der Waals surface area contributed by atoms with E-state index >= 15 is 0 Å². The molecule has 1 unspecified atom stereocenters. The molecule has 2 fully saturated rings. The van der Waals surface area contributed by atoms with Gasteiger partial charge < -0.3 is 24.0 Å². The van der Waals surface area contributed by atoms with Crippen LogP contribution >= 0.6 is 11.6 Å². The molecule has 0 radical (unpaired) electrons. The fourth-order valence-corrected chi connectivity index (χ4v) is 6.95. The van der Waals surface area contributed by atoms with Crippen molar-refractivity contribution in [1.29, 1.82) is 5.26 Å². The Balaban J connectivity index is 1.33. The van der Waals surface area contributed by atoms with Gasteiger partial charge >= 0.3 is 6.01 Å². The molecule has 2 aromatic carbocycles. The Bertz CT molecular complexity index is 1640. The normalized spacial score (nSPS) is 23.5. The number of rotatable bonds is 8. The summed E-state index contributed by atoms with van der Waals surface area (Å²) < 4.78 is 32.1. The van der Waals surface area contributed by atoms with E-state index in [0.717, 1.165) is 40.6 Å². The minimum Gasteiger partial charge on any atom is -0.462 e. The quantitative estimate of drug-likeness (QED) is 0.329. The van der Waals surface area contributed by atoms with E-state index in [-0.39, 0.29) is 43.8 Å². The molecule has 12 heteroatoms. The second kappa shape index (κ2) is 13.3. The maximum absolute atomic E-state index is 13.8. The molecule has 10 nitrogen and oxygen atoms in total. The summed E-state index contributed by atoms with van der Waals surface area (Å²) in [6, 6.07) is 13.9. The van der Waals surface area contributed by atoms with Gasteiger partial charge in [0.2, 0.25) is 0 Å². The first kappa shape index (κ1) is 31.2. The maximum atomic E-state index is 13.8. The second-order valence-electron chi connectivity index (χ2n) is 11.8. The van der Waals surface area contributed by atoms with Gasteiger partial charge in [-0.2, -0.15) is 15.2 Å². The fraction of sp³-hybridized carbons (Fsp3) is 0.455. The van der Waals surface area contributed by atoms with Gasteiger partial charge in [0.05, 0.1) is 43.0 Å². The summed E-state index contributed by atoms with van der Waals surface area (Å²) in [7, 11) is 3.77. The van der Waals surface area contributed by atoms with Crippen LogP contribution in [0.15, 0.2) is 48.8 Å². The Hall–Kier alpha value is -3.82. The first-order valence-corrected chi connectivity index (χ1v) is 15.5. The lowest BCUT2D eigenvalue weighted by atomic mass is 9.94. The van der Waals surface area contributed by atoms with Gasteiger partial charge in [-0.05, 0) is 30.5 Å². The zero-order valence-corrected chi connectivity index (χ0v) is 26.2. The lowest BCUT2D eigenvalue weighted by Gasteiger charge is -2.42. The molecule has 1 amide bonds. The molecule has 4 atom stereocenters. The number of nitrogens with zero attached hydrogens (tertiary/aromatic N) is 6. The van der Waals surface area contributed by atoms with Crippen LogP contribution in [0.3, 0.4) is 0 Å². The highest BCUT2D eigenvalue weighted by Gasteiger charge is 2.36. The Labute approximate surface area is 266 Å². The molecule has 0 aliphatic carbocycles. The third-order valence-electron chi connectivity index (χ3n) is 9.08. The van der Waals surface area contributed by atoms with E-state index in [1.165, 1.54) is 4.90 Å². The molecule has 0 bridgehead atoms. The number of likely N-dealkylation sites (N-methyl/N-ethyl adjacent to an activating group) is 1. The van der Waals surface area contributed by atoms with Gasteiger partial charge in [0.25, 0.3) is 5.91 Å². The van der Waals surface area contributed by atoms with Crippen molar-refractivity contribution in [3.05, 3.63) is 70.6 Å². The van der Waals surface area contributed by atoms with Crippen LogP contribution in [0, 0.1) is 11.3 Å². The fourth-order valence-electron chi connectivity index (χ4n) is 6.66. The molecule has 0 spiro atoms. The van der Waals surface area contributed by atoms with Crippen LogP contribution < -0.4 is 9.64 Å². The Kier molecular flexibility index (Phi) is 9.19. The third-order valence-corrected chi connectivity index (χ3v) is 9.40. The molecular formula is C33H36ClFN6O4. The number of benzene rings is 2. The monoisotopic (exact) mass is 634 g/mol. The molecule has 0 N–H and O–H groups in total. The number of amides is 1. The first-order chi connectivity index (χ1) is 21.8. The van der Waals surface area contributed by atoms with Gasteiger partial charge in [0.1, 0.15) is 12.4 Å². The van der Waals surface area contributed by atoms with E-state index in [4.69, 9.17) is 35.8 Å². The van der Waals surface area contributed by atoms with E-state index in [9.17, 15) is 14.4 Å². The second-order valence-corrected chi connectivity index (χ2v) is 12.2. The number of piperazine rings is 1. The van der Waals surface area contributed by atoms with Crippen LogP contribution in [0.1, 0.15) is 35.8 Å². The van der Waals surface area contributed by atoms with Crippen molar-refractivity contribution in [2.45, 2.75) is 50.2 Å². The number of nitriles is 1. The van der Waals surface area contributed by atoms with Gasteiger partial charge in [-0.1, -0.05) is 48.5 Å². The molecule has 1 aromatic heterocycles. The SMILES string of the molecule is C=C(F)C(=O)N1CCN(c2nc(OC[C@H]3C[C@H](OC)CN3C)nc3c2COC(c2cccc4cccc(Cl)c24)C3)C[C@@H]1CC#N. The van der Waals surface area contributed by atoms with Gasteiger partial charge in [-0.15, -0.1) is 0 Å². The molecule has 3 aliphatic rings. The Morgan fingerprint density at radius 1 is 1.20 bits per heavy atom. The minimum absolute atomic E-state index is 0.0429. The van der Waals surface area contributed by atoms with Gasteiger partial charge in [0, 0.05) is 61.7 Å². The molecule has 4 heterocycles. The van der Waals surface area contributed by atoms with Crippen LogP contribution in [0.5, 0.6) is 6.01 Å². The highest BCUT2D eigenvalue weighted by molar-refractivity contribution is 6.35. The summed E-state index contributed by atoms with van der Waals surface area (Å²) in [4.78, 5) is 27.9. The minimum atomic E-state index is -1.04. The number of carbonyl (C=O) groups excluding carboxylic acids is 1. The number of ether oxygens (including phenoxy) is 3. The number of halogens is 2. The molecule has 3 aliphatic heterocycles. The molecule has 45 heavy (non-hydrogen) atoms. The Morgan fingerprint density at radius 2 is 2.00 bits per heavy atom. The number of hydrogen-bond donors (Lipinski definition) is 0. The van der Waals surface area contributed by atoms with E-state index in [1.54, 1.807) is 7.11 Å². The average Bonchev–Trinajstić information content (AvgIpc) is 3.42. The number of fused-ring (bicyclic) bond motifs is 2. The summed E-state index contributed by atoms with van der Waals surface area (Å²) in [5, 5.41) is 12.1. The summed E-state index contributed by atoms with van der Waals surface area (Å²) in [5.74, 6) is -1.20. The molecule has 0 saturated carbocycles. The van der Waals surface area contributed by atoms with Crippen molar-refractivity contribution in [2.24, 2.45) is 0 Å². The smallest absolute Gasteiger partial charge is 0.318 e. The highest BCUT2D eigenvalue weighted by Crippen LogP contribution is 2.39. The number of hydrogen-bond acceptors (Lipinski definition) is 9. The summed E-state index contributed by atoms with van der Waals surface area (Å²) in [5.41, 5.74) is 2.61. The van der Waals surface area contributed by atoms with E-state index < -0.39 is 17.8 Å². The topological polar surface area (TPSA) is 104 Å². The largest absolute Gasteiger partial charge is 0.462 e. The van der Waals surface area contributed by atoms with Crippen molar-refractivity contribution >= 4 is 34.1 Å². The number of carbonyl (C=O) groups is 1. The molecule has 3 aromatic rings. The van der Waals surface area contributed by atoms with Crippen LogP contribution in [0.25, 0.3) is 10.8 Å². The molecule has 6 rings (SSSR count). The van der Waals surface area contributed by atoms with Crippen LogP contribution in [-0.4, -0.2) is 90.8 Å². The zero-order chi connectivity index (χ0) is 31.7. The third kappa shape index (κ3) is 6.33. The van der Waals surface area contributed by atoms with Crippen molar-refractivity contribution < 1.29 is 23.4 Å². The molecular weight excluding hydrogens is 599 g/mol. The van der Waals surface area contributed by atoms with E-state index in [0.29, 0.717) is 37.0 Å². The summed E-state index contributed by atoms with van der Waals surface area (Å²) in [6.07, 6.45) is 1.21. The predicted octanol–water partition coefficient (Wildman–Crippen LogP) is 4.61. The first-order valence-electron chi connectivity index (χ1n) is 15.1. The van der Waals surface area contributed by atoms with Crippen molar-refractivity contribution in [1.82, 2.24) is 19.8 Å². The average molecular weight is 635 g/mol. The van der Waals surface area contributed by atoms with E-state index in [2.05, 4.69) is 17.5 Å². The van der Waals surface area contributed by atoms with Crippen LogP contribution in [-0.2, 0) is 27.3 Å². The predicted molar refractivity (Wildman–Crippen MR) is 168 cm³/mol. The highest BCUT2D eigenvalue weighted by atomic mass is 35.5. The molecule has 2 saturated heterocycles. The van der Waals surface area contributed by atoms with Crippen molar-refractivity contribution in [3.63, 3.8) is 0 Å². The Morgan fingerprint density at radius 3 is 2.73 bits per heavy atom. The summed E-state index contributed by atoms with van der Waals surface area (Å²) in [6.45, 7) is 5.52. The van der Waals surface area contributed by atoms with Crippen molar-refractivity contribution in [3.8, 4) is 12.1 Å². The number of aromatic nitrogens is 2. The van der Waals surface area contributed by atoms with Crippen LogP contribution in [0.2, 0.25) is 5.02 Å². The molecule has 236 valence electrons. The number of anilines is 1. The number of likely N-dealkylation sites (tertiary alicyclic amines) is 1. The number of methoxy groups -OCH3 is 1. The van der Waals surface area contributed by atoms with Crippen molar-refractivity contribution in [2.75, 3.05) is 51.8 Å². The van der Waals surface area contributed by atoms with E-state index in [1.807, 2.05) is 48.3 Å².